The van der Waals surface area contributed by atoms with Crippen molar-refractivity contribution < 1.29 is 19.4 Å². The van der Waals surface area contributed by atoms with Crippen LogP contribution in [-0.4, -0.2) is 35.7 Å². The third-order valence-corrected chi connectivity index (χ3v) is 2.62. The molecule has 0 aromatic heterocycles. The van der Waals surface area contributed by atoms with Crippen LogP contribution in [0.25, 0.3) is 0 Å². The number of carboxylic acids is 1. The largest absolute Gasteiger partial charge is 0.549 e. The zero-order valence-corrected chi connectivity index (χ0v) is 10.2. The molecule has 16 heavy (non-hydrogen) atoms. The fraction of sp³-hybridized carbons (Fsp3) is 0.818. The van der Waals surface area contributed by atoms with E-state index in [1.165, 1.54) is 4.90 Å². The maximum Gasteiger partial charge on any atom is 0.410 e. The molecule has 1 heterocycles. The number of amides is 1. The van der Waals surface area contributed by atoms with Gasteiger partial charge in [0.05, 0.1) is 0 Å². The lowest BCUT2D eigenvalue weighted by molar-refractivity contribution is -0.317. The Morgan fingerprint density at radius 3 is 2.31 bits per heavy atom. The van der Waals surface area contributed by atoms with Gasteiger partial charge in [0, 0.05) is 24.5 Å². The number of rotatable bonds is 1. The molecule has 1 saturated heterocycles. The van der Waals surface area contributed by atoms with E-state index in [0.29, 0.717) is 13.0 Å². The van der Waals surface area contributed by atoms with Crippen LogP contribution in [0.2, 0.25) is 0 Å². The van der Waals surface area contributed by atoms with Crippen molar-refractivity contribution in [1.82, 2.24) is 4.90 Å². The second-order valence-electron chi connectivity index (χ2n) is 5.50. The second kappa shape index (κ2) is 3.96. The molecular weight excluding hydrogens is 210 g/mol. The highest BCUT2D eigenvalue weighted by Crippen LogP contribution is 2.30. The minimum Gasteiger partial charge on any atom is -0.549 e. The summed E-state index contributed by atoms with van der Waals surface area (Å²) in [4.78, 5) is 24.0. The zero-order valence-electron chi connectivity index (χ0n) is 10.2. The van der Waals surface area contributed by atoms with Gasteiger partial charge < -0.3 is 19.5 Å². The maximum atomic E-state index is 11.7. The SMILES string of the molecule is CC(C)(C)OC(=O)N1CCC(C)(C(=O)[O-])C1. The number of likely N-dealkylation sites (tertiary alicyclic amines) is 1. The first-order valence-electron chi connectivity index (χ1n) is 5.33. The number of aliphatic carboxylic acids is 1. The van der Waals surface area contributed by atoms with Crippen molar-refractivity contribution in [2.24, 2.45) is 5.41 Å². The van der Waals surface area contributed by atoms with Crippen LogP contribution in [0, 0.1) is 5.41 Å². The van der Waals surface area contributed by atoms with E-state index < -0.39 is 23.1 Å². The van der Waals surface area contributed by atoms with Gasteiger partial charge in [0.2, 0.25) is 0 Å². The summed E-state index contributed by atoms with van der Waals surface area (Å²) in [5, 5.41) is 10.9. The molecule has 0 radical (unpaired) electrons. The van der Waals surface area contributed by atoms with E-state index >= 15 is 0 Å². The first-order chi connectivity index (χ1) is 7.14. The third kappa shape index (κ3) is 2.87. The van der Waals surface area contributed by atoms with Crippen molar-refractivity contribution in [3.8, 4) is 0 Å². The standard InChI is InChI=1S/C11H19NO4/c1-10(2,3)16-9(15)12-6-5-11(4,7-12)8(13)14/h5-7H2,1-4H3,(H,13,14)/p-1. The summed E-state index contributed by atoms with van der Waals surface area (Å²) < 4.78 is 5.17. The second-order valence-corrected chi connectivity index (χ2v) is 5.50. The lowest BCUT2D eigenvalue weighted by Gasteiger charge is -2.27. The van der Waals surface area contributed by atoms with Gasteiger partial charge in [-0.1, -0.05) is 6.92 Å². The van der Waals surface area contributed by atoms with E-state index in [-0.39, 0.29) is 6.54 Å². The van der Waals surface area contributed by atoms with E-state index in [1.54, 1.807) is 27.7 Å². The Kier molecular flexibility index (Phi) is 3.17. The van der Waals surface area contributed by atoms with Gasteiger partial charge in [0.1, 0.15) is 5.60 Å². The van der Waals surface area contributed by atoms with Crippen molar-refractivity contribution in [2.45, 2.75) is 39.7 Å². The number of hydrogen-bond acceptors (Lipinski definition) is 4. The van der Waals surface area contributed by atoms with Gasteiger partial charge in [-0.05, 0) is 27.2 Å². The zero-order chi connectivity index (χ0) is 12.6. The minimum absolute atomic E-state index is 0.157. The smallest absolute Gasteiger partial charge is 0.410 e. The molecule has 5 nitrogen and oxygen atoms in total. The predicted octanol–water partition coefficient (Wildman–Crippen LogP) is 0.383. The molecule has 5 heteroatoms. The van der Waals surface area contributed by atoms with Gasteiger partial charge in [-0.2, -0.15) is 0 Å². The van der Waals surface area contributed by atoms with Gasteiger partial charge in [0.25, 0.3) is 0 Å². The van der Waals surface area contributed by atoms with E-state index in [0.717, 1.165) is 0 Å². The Morgan fingerprint density at radius 1 is 1.38 bits per heavy atom. The summed E-state index contributed by atoms with van der Waals surface area (Å²) in [7, 11) is 0. The van der Waals surface area contributed by atoms with Crippen LogP contribution >= 0.6 is 0 Å². The third-order valence-electron chi connectivity index (χ3n) is 2.62. The number of ether oxygens (including phenoxy) is 1. The Bertz CT molecular complexity index is 308. The van der Waals surface area contributed by atoms with Gasteiger partial charge in [-0.25, -0.2) is 4.79 Å². The first-order valence-corrected chi connectivity index (χ1v) is 5.33. The monoisotopic (exact) mass is 228 g/mol. The highest BCUT2D eigenvalue weighted by molar-refractivity contribution is 5.76. The molecule has 0 N–H and O–H groups in total. The van der Waals surface area contributed by atoms with Crippen LogP contribution in [0.1, 0.15) is 34.1 Å². The number of carboxylic acid groups (broad SMARTS) is 1. The van der Waals surface area contributed by atoms with Gasteiger partial charge in [-0.15, -0.1) is 0 Å². The van der Waals surface area contributed by atoms with Crippen molar-refractivity contribution >= 4 is 12.1 Å². The Balaban J connectivity index is 2.60. The minimum atomic E-state index is -1.11. The van der Waals surface area contributed by atoms with Crippen molar-refractivity contribution in [1.29, 1.82) is 0 Å². The average Bonchev–Trinajstić information content (AvgIpc) is 2.46. The summed E-state index contributed by atoms with van der Waals surface area (Å²) in [5.41, 5.74) is -1.51. The summed E-state index contributed by atoms with van der Waals surface area (Å²) in [6, 6.07) is 0. The van der Waals surface area contributed by atoms with E-state index in [4.69, 9.17) is 4.74 Å². The van der Waals surface area contributed by atoms with Crippen LogP contribution < -0.4 is 5.11 Å². The molecule has 0 aromatic rings. The Hall–Kier alpha value is -1.26. The quantitative estimate of drug-likeness (QED) is 0.650. The molecule has 0 spiro atoms. The molecule has 0 saturated carbocycles. The van der Waals surface area contributed by atoms with E-state index in [2.05, 4.69) is 0 Å². The van der Waals surface area contributed by atoms with Crippen molar-refractivity contribution in [2.75, 3.05) is 13.1 Å². The van der Waals surface area contributed by atoms with Crippen molar-refractivity contribution in [3.63, 3.8) is 0 Å². The van der Waals surface area contributed by atoms with E-state index in [1.807, 2.05) is 0 Å². The van der Waals surface area contributed by atoms with Gasteiger partial charge >= 0.3 is 6.09 Å². The Labute approximate surface area is 95.4 Å². The molecule has 1 aliphatic heterocycles. The topological polar surface area (TPSA) is 69.7 Å². The first kappa shape index (κ1) is 12.8. The summed E-state index contributed by atoms with van der Waals surface area (Å²) in [6.45, 7) is 7.48. The lowest BCUT2D eigenvalue weighted by atomic mass is 9.90. The van der Waals surface area contributed by atoms with E-state index in [9.17, 15) is 14.7 Å². The lowest BCUT2D eigenvalue weighted by Crippen LogP contribution is -2.43. The van der Waals surface area contributed by atoms with Crippen molar-refractivity contribution in [3.05, 3.63) is 0 Å². The molecule has 0 bridgehead atoms. The number of nitrogens with zero attached hydrogens (tertiary/aromatic N) is 1. The summed E-state index contributed by atoms with van der Waals surface area (Å²) in [5.74, 6) is -1.11. The molecular formula is C11H18NO4-. The number of carbonyl (C=O) groups is 2. The van der Waals surface area contributed by atoms with Gasteiger partial charge in [-0.3, -0.25) is 0 Å². The average molecular weight is 228 g/mol. The predicted molar refractivity (Wildman–Crippen MR) is 55.5 cm³/mol. The molecule has 92 valence electrons. The molecule has 1 amide bonds. The molecule has 1 unspecified atom stereocenters. The van der Waals surface area contributed by atoms with Crippen LogP contribution in [0.5, 0.6) is 0 Å². The Morgan fingerprint density at radius 2 is 1.94 bits per heavy atom. The summed E-state index contributed by atoms with van der Waals surface area (Å²) >= 11 is 0. The number of hydrogen-bond donors (Lipinski definition) is 0. The van der Waals surface area contributed by atoms with Crippen LogP contribution in [-0.2, 0) is 9.53 Å². The molecule has 1 atom stereocenters. The fourth-order valence-electron chi connectivity index (χ4n) is 1.61. The highest BCUT2D eigenvalue weighted by Gasteiger charge is 2.38. The highest BCUT2D eigenvalue weighted by atomic mass is 16.6. The van der Waals surface area contributed by atoms with Crippen LogP contribution in [0.4, 0.5) is 4.79 Å². The van der Waals surface area contributed by atoms with Crippen LogP contribution in [0.3, 0.4) is 0 Å². The normalized spacial score (nSPS) is 25.6. The fourth-order valence-corrected chi connectivity index (χ4v) is 1.61. The summed E-state index contributed by atoms with van der Waals surface area (Å²) in [6.07, 6.45) is -0.0494. The molecule has 1 rings (SSSR count). The molecule has 0 aliphatic carbocycles. The molecule has 1 aliphatic rings. The number of carbonyl (C=O) groups excluding carboxylic acids is 2. The van der Waals surface area contributed by atoms with Crippen LogP contribution in [0.15, 0.2) is 0 Å². The molecule has 1 fully saturated rings. The maximum absolute atomic E-state index is 11.7. The van der Waals surface area contributed by atoms with Gasteiger partial charge in [0.15, 0.2) is 0 Å². The molecule has 0 aromatic carbocycles.